The van der Waals surface area contributed by atoms with E-state index in [0.29, 0.717) is 22.8 Å². The second-order valence-corrected chi connectivity index (χ2v) is 7.09. The minimum Gasteiger partial charge on any atom is -0.295 e. The van der Waals surface area contributed by atoms with Crippen molar-refractivity contribution in [2.24, 2.45) is 0 Å². The molecule has 0 aliphatic heterocycles. The molecular weight excluding hydrogens is 331 g/mol. The summed E-state index contributed by atoms with van der Waals surface area (Å²) in [5.41, 5.74) is 1.67. The largest absolute Gasteiger partial charge is 0.295 e. The van der Waals surface area contributed by atoms with Gasteiger partial charge in [0.15, 0.2) is 5.78 Å². The summed E-state index contributed by atoms with van der Waals surface area (Å²) < 4.78 is 13.8. The Morgan fingerprint density at radius 2 is 1.87 bits per heavy atom. The molecule has 0 bridgehead atoms. The van der Waals surface area contributed by atoms with E-state index in [-0.39, 0.29) is 17.5 Å². The molecule has 1 aliphatic carbocycles. The molecule has 0 fully saturated rings. The maximum absolute atomic E-state index is 13.8. The summed E-state index contributed by atoms with van der Waals surface area (Å²) in [5.74, 6) is 0.471. The van der Waals surface area contributed by atoms with E-state index in [1.54, 1.807) is 18.2 Å². The van der Waals surface area contributed by atoms with Gasteiger partial charge in [0.1, 0.15) is 5.82 Å². The molecule has 23 heavy (non-hydrogen) atoms. The van der Waals surface area contributed by atoms with Crippen LogP contribution in [0.5, 0.6) is 0 Å². The van der Waals surface area contributed by atoms with Gasteiger partial charge in [-0.2, -0.15) is 0 Å². The lowest BCUT2D eigenvalue weighted by molar-refractivity contribution is -0.115. The molecule has 0 amide bonds. The fourth-order valence-corrected chi connectivity index (χ4v) is 4.22. The van der Waals surface area contributed by atoms with E-state index >= 15 is 0 Å². The first-order valence-corrected chi connectivity index (χ1v) is 8.84. The van der Waals surface area contributed by atoms with E-state index in [9.17, 15) is 9.18 Å². The molecule has 0 saturated carbocycles. The van der Waals surface area contributed by atoms with Gasteiger partial charge in [0.2, 0.25) is 0 Å². The fourth-order valence-electron chi connectivity index (χ4n) is 2.75. The van der Waals surface area contributed by atoms with E-state index in [2.05, 4.69) is 12.1 Å². The molecule has 118 valence electrons. The zero-order valence-corrected chi connectivity index (χ0v) is 14.0. The monoisotopic (exact) mass is 346 g/mol. The standard InChI is InChI=1S/C19H16ClFOS/c20-18-7-4-8-19(21)17(18)12-23-16-10-14(9-15(22)11-16)13-5-2-1-3-6-13/h1-8,11,14H,9-10,12H2/t14-/m1/s1. The second-order valence-electron chi connectivity index (χ2n) is 5.58. The molecule has 0 saturated heterocycles. The lowest BCUT2D eigenvalue weighted by atomic mass is 9.87. The molecule has 0 heterocycles. The quantitative estimate of drug-likeness (QED) is 0.701. The first-order valence-electron chi connectivity index (χ1n) is 7.47. The van der Waals surface area contributed by atoms with Crippen LogP contribution in [0.3, 0.4) is 0 Å². The third kappa shape index (κ3) is 4.04. The Labute approximate surface area is 144 Å². The number of allylic oxidation sites excluding steroid dienone is 2. The first kappa shape index (κ1) is 16.3. The average molecular weight is 347 g/mol. The van der Waals surface area contributed by atoms with Crippen LogP contribution in [0.2, 0.25) is 5.02 Å². The van der Waals surface area contributed by atoms with Gasteiger partial charge in [-0.3, -0.25) is 4.79 Å². The highest BCUT2D eigenvalue weighted by molar-refractivity contribution is 8.02. The number of hydrogen-bond acceptors (Lipinski definition) is 2. The number of carbonyl (C=O) groups excluding carboxylic acids is 1. The molecule has 2 aromatic rings. The average Bonchev–Trinajstić information content (AvgIpc) is 2.55. The first-order chi connectivity index (χ1) is 11.1. The summed E-state index contributed by atoms with van der Waals surface area (Å²) in [6.45, 7) is 0. The van der Waals surface area contributed by atoms with Crippen molar-refractivity contribution >= 4 is 29.1 Å². The lowest BCUT2D eigenvalue weighted by Crippen LogP contribution is -2.11. The van der Waals surface area contributed by atoms with E-state index < -0.39 is 0 Å². The number of thioether (sulfide) groups is 1. The summed E-state index contributed by atoms with van der Waals surface area (Å²) >= 11 is 7.56. The molecule has 2 aromatic carbocycles. The third-order valence-corrected chi connectivity index (χ3v) is 5.39. The highest BCUT2D eigenvalue weighted by atomic mass is 35.5. The number of benzene rings is 2. The molecule has 1 nitrogen and oxygen atoms in total. The van der Waals surface area contributed by atoms with Crippen molar-refractivity contribution in [2.75, 3.05) is 0 Å². The minimum atomic E-state index is -0.299. The summed E-state index contributed by atoms with van der Waals surface area (Å²) in [6, 6.07) is 14.8. The molecule has 0 N–H and O–H groups in total. The van der Waals surface area contributed by atoms with Crippen molar-refractivity contribution in [1.82, 2.24) is 0 Å². The van der Waals surface area contributed by atoms with Crippen LogP contribution >= 0.6 is 23.4 Å². The molecule has 0 aromatic heterocycles. The van der Waals surface area contributed by atoms with Crippen molar-refractivity contribution in [3.63, 3.8) is 0 Å². The summed E-state index contributed by atoms with van der Waals surface area (Å²) in [4.78, 5) is 13.0. The van der Waals surface area contributed by atoms with Crippen LogP contribution in [0, 0.1) is 5.82 Å². The number of hydrogen-bond donors (Lipinski definition) is 0. The summed E-state index contributed by atoms with van der Waals surface area (Å²) in [7, 11) is 0. The predicted molar refractivity (Wildman–Crippen MR) is 94.2 cm³/mol. The van der Waals surface area contributed by atoms with Crippen molar-refractivity contribution in [3.8, 4) is 0 Å². The van der Waals surface area contributed by atoms with Gasteiger partial charge in [-0.1, -0.05) is 48.0 Å². The van der Waals surface area contributed by atoms with Crippen LogP contribution in [0.15, 0.2) is 59.5 Å². The third-order valence-electron chi connectivity index (χ3n) is 3.95. The van der Waals surface area contributed by atoms with Crippen LogP contribution < -0.4 is 0 Å². The Hall–Kier alpha value is -1.58. The number of rotatable bonds is 4. The fraction of sp³-hybridized carbons (Fsp3) is 0.211. The highest BCUT2D eigenvalue weighted by Crippen LogP contribution is 2.38. The topological polar surface area (TPSA) is 17.1 Å². The van der Waals surface area contributed by atoms with Gasteiger partial charge in [0.25, 0.3) is 0 Å². The molecule has 3 rings (SSSR count). The zero-order chi connectivity index (χ0) is 16.2. The molecule has 0 spiro atoms. The summed E-state index contributed by atoms with van der Waals surface area (Å²) in [5, 5.41) is 0.430. The van der Waals surface area contributed by atoms with Crippen LogP contribution in [0.1, 0.15) is 29.9 Å². The van der Waals surface area contributed by atoms with Gasteiger partial charge >= 0.3 is 0 Å². The van der Waals surface area contributed by atoms with Crippen molar-refractivity contribution in [1.29, 1.82) is 0 Å². The van der Waals surface area contributed by atoms with Crippen LogP contribution in [-0.2, 0) is 10.5 Å². The normalized spacial score (nSPS) is 17.9. The van der Waals surface area contributed by atoms with Gasteiger partial charge in [-0.15, -0.1) is 11.8 Å². The smallest absolute Gasteiger partial charge is 0.157 e. The predicted octanol–water partition coefficient (Wildman–Crippen LogP) is 5.74. The highest BCUT2D eigenvalue weighted by Gasteiger charge is 2.22. The van der Waals surface area contributed by atoms with E-state index in [1.807, 2.05) is 18.2 Å². The van der Waals surface area contributed by atoms with Crippen molar-refractivity contribution in [3.05, 3.63) is 81.5 Å². The second kappa shape index (κ2) is 7.33. The van der Waals surface area contributed by atoms with E-state index in [4.69, 9.17) is 11.6 Å². The van der Waals surface area contributed by atoms with E-state index in [0.717, 1.165) is 11.3 Å². The number of ketones is 1. The minimum absolute atomic E-state index is 0.132. The maximum atomic E-state index is 13.8. The number of halogens is 2. The number of carbonyl (C=O) groups is 1. The molecule has 1 aliphatic rings. The van der Waals surface area contributed by atoms with Crippen LogP contribution in [0.25, 0.3) is 0 Å². The van der Waals surface area contributed by atoms with Crippen LogP contribution in [0.4, 0.5) is 4.39 Å². The Morgan fingerprint density at radius 1 is 1.09 bits per heavy atom. The lowest BCUT2D eigenvalue weighted by Gasteiger charge is -2.22. The van der Waals surface area contributed by atoms with Gasteiger partial charge in [-0.25, -0.2) is 4.39 Å². The van der Waals surface area contributed by atoms with E-state index in [1.165, 1.54) is 23.4 Å². The molecule has 4 heteroatoms. The van der Waals surface area contributed by atoms with Gasteiger partial charge < -0.3 is 0 Å². The van der Waals surface area contributed by atoms with Gasteiger partial charge in [0.05, 0.1) is 0 Å². The molecule has 1 atom stereocenters. The van der Waals surface area contributed by atoms with Crippen LogP contribution in [-0.4, -0.2) is 5.78 Å². The Balaban J connectivity index is 1.72. The van der Waals surface area contributed by atoms with Gasteiger partial charge in [-0.05, 0) is 41.0 Å². The van der Waals surface area contributed by atoms with Crippen molar-refractivity contribution < 1.29 is 9.18 Å². The van der Waals surface area contributed by atoms with Crippen molar-refractivity contribution in [2.45, 2.75) is 24.5 Å². The molecule has 0 unspecified atom stereocenters. The molecule has 0 radical (unpaired) electrons. The Bertz CT molecular complexity index is 722. The summed E-state index contributed by atoms with van der Waals surface area (Å²) in [6.07, 6.45) is 3.04. The SMILES string of the molecule is O=C1C=C(SCc2c(F)cccc2Cl)C[C@H](c2ccccc2)C1. The maximum Gasteiger partial charge on any atom is 0.157 e. The van der Waals surface area contributed by atoms with Gasteiger partial charge in [0, 0.05) is 22.8 Å². The Morgan fingerprint density at radius 3 is 2.61 bits per heavy atom. The zero-order valence-electron chi connectivity index (χ0n) is 12.5. The molecular formula is C19H16ClFOS. The Kier molecular flexibility index (Phi) is 5.19.